The molecule has 2 aromatic rings. The maximum Gasteiger partial charge on any atom is 0.335 e. The fraction of sp³-hybridized carbons (Fsp3) is 0.605. The van der Waals surface area contributed by atoms with Crippen LogP contribution in [0.1, 0.15) is 80.8 Å². The molecule has 0 amide bonds. The predicted octanol–water partition coefficient (Wildman–Crippen LogP) is 7.80. The Kier molecular flexibility index (Phi) is 10.1. The third-order valence-corrected chi connectivity index (χ3v) is 17.9. The molecule has 3 N–H and O–H groups in total. The molecule has 268 valence electrons. The largest absolute Gasteiger partial charge is 0.490 e. The summed E-state index contributed by atoms with van der Waals surface area (Å²) >= 11 is 6.45. The van der Waals surface area contributed by atoms with E-state index in [0.29, 0.717) is 12.5 Å². The van der Waals surface area contributed by atoms with Crippen molar-refractivity contribution >= 4 is 41.6 Å². The number of aromatic carboxylic acids is 1. The lowest BCUT2D eigenvalue weighted by molar-refractivity contribution is 0.0519. The van der Waals surface area contributed by atoms with Crippen LogP contribution in [-0.4, -0.2) is 59.4 Å². The normalized spacial score (nSPS) is 27.8. The van der Waals surface area contributed by atoms with Crippen LogP contribution in [0.2, 0.25) is 23.2 Å². The van der Waals surface area contributed by atoms with Crippen molar-refractivity contribution in [3.63, 3.8) is 0 Å². The molecule has 3 aliphatic carbocycles. The first-order valence-electron chi connectivity index (χ1n) is 17.9. The number of nitrogens with two attached hydrogens (primary N) is 1. The minimum Gasteiger partial charge on any atom is -0.490 e. The highest BCUT2D eigenvalue weighted by Crippen LogP contribution is 2.48. The number of carboxylic acid groups (broad SMARTS) is 1. The van der Waals surface area contributed by atoms with Crippen molar-refractivity contribution in [1.82, 2.24) is 0 Å². The number of halogens is 1. The summed E-state index contributed by atoms with van der Waals surface area (Å²) in [4.78, 5) is 14.5. The lowest BCUT2D eigenvalue weighted by atomic mass is 9.68. The van der Waals surface area contributed by atoms with E-state index >= 15 is 0 Å². The second-order valence-electron chi connectivity index (χ2n) is 16.7. The molecule has 0 unspecified atom stereocenters. The Labute approximate surface area is 298 Å². The molecule has 2 aromatic carbocycles. The van der Waals surface area contributed by atoms with Gasteiger partial charge in [-0.25, -0.2) is 18.4 Å². The van der Waals surface area contributed by atoms with Gasteiger partial charge in [-0.05, 0) is 128 Å². The number of fused-ring (bicyclic) bond motifs is 3. The van der Waals surface area contributed by atoms with Crippen LogP contribution in [0.3, 0.4) is 0 Å². The summed E-state index contributed by atoms with van der Waals surface area (Å²) in [5.41, 5.74) is 3.38. The Hall–Kier alpha value is -2.37. The highest BCUT2D eigenvalue weighted by molar-refractivity contribution is 7.89. The van der Waals surface area contributed by atoms with E-state index in [4.69, 9.17) is 25.9 Å². The van der Waals surface area contributed by atoms with Crippen LogP contribution in [0.4, 0.5) is 5.69 Å². The summed E-state index contributed by atoms with van der Waals surface area (Å²) in [5, 5.41) is 16.1. The Bertz CT molecular complexity index is 1710. The van der Waals surface area contributed by atoms with Crippen molar-refractivity contribution in [2.75, 3.05) is 30.3 Å². The molecule has 0 saturated heterocycles. The van der Waals surface area contributed by atoms with Gasteiger partial charge in [-0.2, -0.15) is 0 Å². The average molecular weight is 729 g/mol. The molecule has 2 fully saturated rings. The number of nitrogens with zero attached hydrogens (tertiary/aromatic N) is 1. The van der Waals surface area contributed by atoms with Gasteiger partial charge in [0.1, 0.15) is 5.75 Å². The van der Waals surface area contributed by atoms with Crippen LogP contribution in [0.15, 0.2) is 48.6 Å². The summed E-state index contributed by atoms with van der Waals surface area (Å²) in [6.07, 6.45) is 11.3. The number of hydrogen-bond donors (Lipinski definition) is 2. The van der Waals surface area contributed by atoms with Gasteiger partial charge < -0.3 is 19.2 Å². The molecule has 2 saturated carbocycles. The molecule has 0 aromatic heterocycles. The number of hydrogen-bond acceptors (Lipinski definition) is 6. The van der Waals surface area contributed by atoms with Crippen LogP contribution >= 0.6 is 11.6 Å². The molecular weight excluding hydrogens is 676 g/mol. The standard InChI is InChI=1S/C38H53ClN2O6SSi/c1-37(2,3)49(4,5)47-34(16-11-25-8-9-29(25)22-48(40,44)45)31-14-10-28(31)21-41-23-38(18-6-7-26-19-30(39)13-15-32(26)38)24-46-35-17-12-27(36(42)43)20-33(35)41/h11-13,15-17,19-20,25,28-29,31,34H,6-10,14,18,21-24H2,1-5H3,(H,42,43)(H2,40,44,45)/b16-11+/t25-,28+,29-,31-,34+,38+/m1/s1. The maximum atomic E-state index is 12.1. The number of sulfonamides is 1. The minimum atomic E-state index is -3.52. The highest BCUT2D eigenvalue weighted by atomic mass is 35.5. The zero-order valence-corrected chi connectivity index (χ0v) is 32.2. The number of carboxylic acids is 1. The van der Waals surface area contributed by atoms with Crippen molar-refractivity contribution in [3.8, 4) is 5.75 Å². The van der Waals surface area contributed by atoms with E-state index in [2.05, 4.69) is 63.0 Å². The average Bonchev–Trinajstić information content (AvgIpc) is 3.13. The second-order valence-corrected chi connectivity index (χ2v) is 23.5. The van der Waals surface area contributed by atoms with Gasteiger partial charge in [0.05, 0.1) is 29.7 Å². The number of benzene rings is 2. The molecule has 0 radical (unpaired) electrons. The molecule has 6 rings (SSSR count). The van der Waals surface area contributed by atoms with E-state index in [1.165, 1.54) is 11.1 Å². The van der Waals surface area contributed by atoms with Crippen LogP contribution < -0.4 is 14.8 Å². The fourth-order valence-electron chi connectivity index (χ4n) is 8.18. The minimum absolute atomic E-state index is 0.0215. The van der Waals surface area contributed by atoms with Gasteiger partial charge in [-0.1, -0.05) is 50.6 Å². The number of carbonyl (C=O) groups is 1. The molecule has 11 heteroatoms. The van der Waals surface area contributed by atoms with Gasteiger partial charge in [-0.3, -0.25) is 0 Å². The number of aryl methyl sites for hydroxylation is 1. The molecule has 0 bridgehead atoms. The van der Waals surface area contributed by atoms with Gasteiger partial charge >= 0.3 is 5.97 Å². The van der Waals surface area contributed by atoms with Crippen LogP contribution in [0.25, 0.3) is 0 Å². The van der Waals surface area contributed by atoms with E-state index in [0.717, 1.165) is 74.5 Å². The van der Waals surface area contributed by atoms with Crippen molar-refractivity contribution in [2.45, 2.75) is 95.4 Å². The smallest absolute Gasteiger partial charge is 0.335 e. The summed E-state index contributed by atoms with van der Waals surface area (Å²) in [5.74, 6) is 0.638. The van der Waals surface area contributed by atoms with Gasteiger partial charge in [-0.15, -0.1) is 0 Å². The topological polar surface area (TPSA) is 119 Å². The second kappa shape index (κ2) is 13.6. The summed E-state index contributed by atoms with van der Waals surface area (Å²) < 4.78 is 37.5. The van der Waals surface area contributed by atoms with Crippen molar-refractivity contribution in [1.29, 1.82) is 0 Å². The first-order chi connectivity index (χ1) is 22.9. The van der Waals surface area contributed by atoms with Gasteiger partial charge in [0.15, 0.2) is 8.32 Å². The third kappa shape index (κ3) is 7.78. The van der Waals surface area contributed by atoms with Crippen LogP contribution in [-0.2, 0) is 26.3 Å². The SMILES string of the molecule is CC(C)(C)[Si](C)(C)O[C@@H](/C=C/[C@H]1CC[C@@H]1CS(N)(=O)=O)[C@@H]1CC[C@H]1CN1C[C@@]2(CCCc3cc(Cl)ccc32)COc2ccc(C(=O)O)cc21. The Morgan fingerprint density at radius 2 is 1.92 bits per heavy atom. The first kappa shape index (κ1) is 36.4. The molecular formula is C38H53ClN2O6SSi. The third-order valence-electron chi connectivity index (χ3n) is 12.3. The summed E-state index contributed by atoms with van der Waals surface area (Å²) in [6.45, 7) is 13.4. The number of rotatable bonds is 10. The van der Waals surface area contributed by atoms with Crippen molar-refractivity contribution in [2.24, 2.45) is 28.8 Å². The predicted molar refractivity (Wildman–Crippen MR) is 199 cm³/mol. The van der Waals surface area contributed by atoms with E-state index in [1.54, 1.807) is 12.1 Å². The molecule has 1 spiro atoms. The van der Waals surface area contributed by atoms with Gasteiger partial charge in [0.2, 0.25) is 10.0 Å². The molecule has 49 heavy (non-hydrogen) atoms. The first-order valence-corrected chi connectivity index (χ1v) is 22.9. The van der Waals surface area contributed by atoms with E-state index < -0.39 is 24.3 Å². The van der Waals surface area contributed by atoms with Crippen LogP contribution in [0.5, 0.6) is 5.75 Å². The highest BCUT2D eigenvalue weighted by Gasteiger charge is 2.47. The molecule has 6 atom stereocenters. The summed E-state index contributed by atoms with van der Waals surface area (Å²) in [6, 6.07) is 11.5. The Balaban J connectivity index is 1.31. The fourth-order valence-corrected chi connectivity index (χ4v) is 10.7. The summed E-state index contributed by atoms with van der Waals surface area (Å²) in [7, 11) is -5.68. The van der Waals surface area contributed by atoms with Crippen molar-refractivity contribution < 1.29 is 27.5 Å². The maximum absolute atomic E-state index is 12.1. The molecule has 8 nitrogen and oxygen atoms in total. The van der Waals surface area contributed by atoms with Crippen molar-refractivity contribution in [3.05, 3.63) is 70.3 Å². The Morgan fingerprint density at radius 3 is 2.55 bits per heavy atom. The lowest BCUT2D eigenvalue weighted by Crippen LogP contribution is -2.52. The quantitative estimate of drug-likeness (QED) is 0.189. The van der Waals surface area contributed by atoms with Gasteiger partial charge in [0.25, 0.3) is 0 Å². The lowest BCUT2D eigenvalue weighted by Gasteiger charge is -2.48. The van der Waals surface area contributed by atoms with E-state index in [1.807, 2.05) is 12.1 Å². The zero-order chi connectivity index (χ0) is 35.4. The van der Waals surface area contributed by atoms with E-state index in [-0.39, 0.29) is 45.6 Å². The number of anilines is 1. The Morgan fingerprint density at radius 1 is 1.16 bits per heavy atom. The zero-order valence-electron chi connectivity index (χ0n) is 29.6. The molecule has 1 heterocycles. The number of ether oxygens (including phenoxy) is 1. The van der Waals surface area contributed by atoms with Crippen LogP contribution in [0, 0.1) is 23.7 Å². The molecule has 4 aliphatic rings. The number of primary sulfonamides is 1. The van der Waals surface area contributed by atoms with E-state index in [9.17, 15) is 18.3 Å². The number of allylic oxidation sites excluding steroid dienone is 1. The monoisotopic (exact) mass is 728 g/mol. The molecule has 1 aliphatic heterocycles. The van der Waals surface area contributed by atoms with Gasteiger partial charge in [0, 0.05) is 23.5 Å².